The van der Waals surface area contributed by atoms with Crippen molar-refractivity contribution in [2.45, 2.75) is 10.8 Å². The number of benzene rings is 9. The average molecular weight is 730 g/mol. The van der Waals surface area contributed by atoms with Crippen LogP contribution in [0, 0.1) is 0 Å². The van der Waals surface area contributed by atoms with Crippen LogP contribution in [0.15, 0.2) is 236 Å². The van der Waals surface area contributed by atoms with Gasteiger partial charge < -0.3 is 4.90 Å². The van der Waals surface area contributed by atoms with Crippen molar-refractivity contribution in [1.29, 1.82) is 0 Å². The number of hydrogen-bond acceptors (Lipinski definition) is 1. The number of hydrogen-bond donors (Lipinski definition) is 0. The standard InChI is InChI=1S/C56H39N/c1-6-20-40(21-7-1)55(41-22-8-2-9-23-41)51-32-18-16-30-47(51)49-36-34-45(38-53(49)55)57(44-28-14-5-15-29-44)46-35-37-50-48-31-17-19-33-52(48)56(54(50)39-46,42-24-10-3-11-25-42)43-26-12-4-13-27-43/h1-39H/i5D,14D,15D,28D. The topological polar surface area (TPSA) is 3.24 Å². The molecule has 9 aromatic carbocycles. The first kappa shape index (κ1) is 29.1. The molecule has 11 rings (SSSR count). The van der Waals surface area contributed by atoms with Gasteiger partial charge in [0.25, 0.3) is 0 Å². The third-order valence-electron chi connectivity index (χ3n) is 12.2. The molecular weight excluding hydrogens is 687 g/mol. The second-order valence-corrected chi connectivity index (χ2v) is 14.9. The first-order valence-electron chi connectivity index (χ1n) is 21.5. The highest BCUT2D eigenvalue weighted by Crippen LogP contribution is 2.59. The third kappa shape index (κ3) is 4.82. The smallest absolute Gasteiger partial charge is 0.0714 e. The molecule has 0 heterocycles. The number of anilines is 3. The van der Waals surface area contributed by atoms with E-state index in [1.807, 2.05) is 4.90 Å². The number of rotatable bonds is 7. The van der Waals surface area contributed by atoms with Crippen LogP contribution in [0.4, 0.5) is 17.1 Å². The zero-order chi connectivity index (χ0) is 41.3. The van der Waals surface area contributed by atoms with Gasteiger partial charge in [0.05, 0.1) is 16.3 Å². The van der Waals surface area contributed by atoms with Crippen LogP contribution in [-0.4, -0.2) is 0 Å². The van der Waals surface area contributed by atoms with Crippen molar-refractivity contribution >= 4 is 17.1 Å². The molecule has 268 valence electrons. The zero-order valence-electron chi connectivity index (χ0n) is 35.2. The van der Waals surface area contributed by atoms with E-state index in [4.69, 9.17) is 4.11 Å². The van der Waals surface area contributed by atoms with Gasteiger partial charge in [0.1, 0.15) is 0 Å². The quantitative estimate of drug-likeness (QED) is 0.158. The summed E-state index contributed by atoms with van der Waals surface area (Å²) in [6.07, 6.45) is 0. The van der Waals surface area contributed by atoms with Crippen molar-refractivity contribution in [3.63, 3.8) is 0 Å². The minimum Gasteiger partial charge on any atom is -0.310 e. The summed E-state index contributed by atoms with van der Waals surface area (Å²) in [4.78, 5) is 2.03. The molecule has 0 aliphatic heterocycles. The van der Waals surface area contributed by atoms with E-state index in [0.29, 0.717) is 5.69 Å². The summed E-state index contributed by atoms with van der Waals surface area (Å²) in [5, 5.41) is 0. The van der Waals surface area contributed by atoms with Crippen molar-refractivity contribution in [3.8, 4) is 22.3 Å². The highest BCUT2D eigenvalue weighted by Gasteiger charge is 2.48. The molecule has 0 saturated carbocycles. The Bertz CT molecular complexity index is 2870. The van der Waals surface area contributed by atoms with Gasteiger partial charge in [-0.1, -0.05) is 200 Å². The Morgan fingerprint density at radius 2 is 0.667 bits per heavy atom. The minimum absolute atomic E-state index is 0.103. The predicted molar refractivity (Wildman–Crippen MR) is 236 cm³/mol. The number of para-hydroxylation sites is 1. The van der Waals surface area contributed by atoms with Gasteiger partial charge in [0.2, 0.25) is 0 Å². The Hall–Kier alpha value is -7.22. The van der Waals surface area contributed by atoms with Crippen LogP contribution in [-0.2, 0) is 10.8 Å². The molecule has 0 N–H and O–H groups in total. The first-order chi connectivity index (χ1) is 29.9. The van der Waals surface area contributed by atoms with Gasteiger partial charge in [0, 0.05) is 17.1 Å². The molecule has 0 fully saturated rings. The second kappa shape index (κ2) is 13.2. The van der Waals surface area contributed by atoms with Crippen LogP contribution < -0.4 is 4.90 Å². The maximum absolute atomic E-state index is 9.44. The van der Waals surface area contributed by atoms with Crippen LogP contribution in [0.3, 0.4) is 0 Å². The summed E-state index contributed by atoms with van der Waals surface area (Å²) in [5.74, 6) is 0. The van der Waals surface area contributed by atoms with E-state index in [1.165, 1.54) is 11.1 Å². The molecule has 0 bridgehead atoms. The zero-order valence-corrected chi connectivity index (χ0v) is 31.2. The van der Waals surface area contributed by atoms with E-state index >= 15 is 0 Å². The van der Waals surface area contributed by atoms with Crippen LogP contribution in [0.5, 0.6) is 0 Å². The van der Waals surface area contributed by atoms with Gasteiger partial charge in [-0.3, -0.25) is 0 Å². The molecule has 1 heteroatoms. The number of fused-ring (bicyclic) bond motifs is 6. The monoisotopic (exact) mass is 729 g/mol. The lowest BCUT2D eigenvalue weighted by Crippen LogP contribution is -2.29. The largest absolute Gasteiger partial charge is 0.310 e. The lowest BCUT2D eigenvalue weighted by atomic mass is 9.67. The van der Waals surface area contributed by atoms with Crippen LogP contribution in [0.1, 0.15) is 50.0 Å². The normalized spacial score (nSPS) is 14.9. The molecule has 1 nitrogen and oxygen atoms in total. The maximum atomic E-state index is 9.44. The summed E-state index contributed by atoms with van der Waals surface area (Å²) in [6.45, 7) is 0. The molecule has 0 amide bonds. The van der Waals surface area contributed by atoms with E-state index in [-0.39, 0.29) is 24.2 Å². The van der Waals surface area contributed by atoms with Gasteiger partial charge in [-0.15, -0.1) is 0 Å². The molecule has 0 aromatic heterocycles. The highest BCUT2D eigenvalue weighted by molar-refractivity contribution is 5.92. The van der Waals surface area contributed by atoms with E-state index in [2.05, 4.69) is 206 Å². The van der Waals surface area contributed by atoms with Gasteiger partial charge in [0.15, 0.2) is 0 Å². The van der Waals surface area contributed by atoms with E-state index in [1.54, 1.807) is 6.07 Å². The minimum atomic E-state index is -0.665. The van der Waals surface area contributed by atoms with Crippen molar-refractivity contribution < 1.29 is 5.48 Å². The van der Waals surface area contributed by atoms with Crippen LogP contribution in [0.2, 0.25) is 0 Å². The summed E-state index contributed by atoms with van der Waals surface area (Å²) in [5.41, 5.74) is 14.3. The summed E-state index contributed by atoms with van der Waals surface area (Å²) in [7, 11) is 0. The Morgan fingerprint density at radius 3 is 1.09 bits per heavy atom. The Kier molecular flexibility index (Phi) is 6.75. The Morgan fingerprint density at radius 1 is 0.298 bits per heavy atom. The van der Waals surface area contributed by atoms with Crippen molar-refractivity contribution in [1.82, 2.24) is 0 Å². The fourth-order valence-electron chi connectivity index (χ4n) is 9.96. The summed E-state index contributed by atoms with van der Waals surface area (Å²) < 4.78 is 35.8. The molecule has 9 aromatic rings. The van der Waals surface area contributed by atoms with Crippen LogP contribution in [0.25, 0.3) is 22.3 Å². The lowest BCUT2D eigenvalue weighted by Gasteiger charge is -2.36. The van der Waals surface area contributed by atoms with Gasteiger partial charge in [-0.2, -0.15) is 0 Å². The molecule has 0 unspecified atom stereocenters. The van der Waals surface area contributed by atoms with E-state index in [0.717, 1.165) is 67.0 Å². The lowest BCUT2D eigenvalue weighted by molar-refractivity contribution is 0.767. The molecule has 0 spiro atoms. The fourth-order valence-corrected chi connectivity index (χ4v) is 9.96. The molecular formula is C56H39N. The first-order valence-corrected chi connectivity index (χ1v) is 19.5. The third-order valence-corrected chi connectivity index (χ3v) is 12.2. The van der Waals surface area contributed by atoms with Gasteiger partial charge >= 0.3 is 0 Å². The van der Waals surface area contributed by atoms with Crippen LogP contribution >= 0.6 is 0 Å². The molecule has 0 saturated heterocycles. The molecule has 2 aliphatic rings. The predicted octanol–water partition coefficient (Wildman–Crippen LogP) is 13.9. The fraction of sp³-hybridized carbons (Fsp3) is 0.0357. The van der Waals surface area contributed by atoms with E-state index in [9.17, 15) is 1.37 Å². The highest BCUT2D eigenvalue weighted by atomic mass is 15.1. The van der Waals surface area contributed by atoms with Gasteiger partial charge in [-0.25, -0.2) is 0 Å². The van der Waals surface area contributed by atoms with E-state index < -0.39 is 10.8 Å². The Balaban J connectivity index is 1.22. The van der Waals surface area contributed by atoms with Gasteiger partial charge in [-0.05, 0) is 103 Å². The average Bonchev–Trinajstić information content (AvgIpc) is 3.79. The SMILES string of the molecule is [2H]c1cc(N(c2ccc3c(c2)C(c2ccccc2)(c2ccccc2)c2ccccc2-3)c2ccc3c(c2)C(c2ccccc2)(c2ccccc2)c2ccccc2-3)c([2H])c([2H])c1[2H]. The Labute approximate surface area is 340 Å². The van der Waals surface area contributed by atoms with Crippen molar-refractivity contribution in [2.75, 3.05) is 4.90 Å². The van der Waals surface area contributed by atoms with Crippen molar-refractivity contribution in [3.05, 3.63) is 281 Å². The summed E-state index contributed by atoms with van der Waals surface area (Å²) in [6, 6.07) is 74.0. The molecule has 0 atom stereocenters. The maximum Gasteiger partial charge on any atom is 0.0714 e. The summed E-state index contributed by atoms with van der Waals surface area (Å²) >= 11 is 0. The van der Waals surface area contributed by atoms with Crippen molar-refractivity contribution in [2.24, 2.45) is 0 Å². The molecule has 0 radical (unpaired) electrons. The second-order valence-electron chi connectivity index (χ2n) is 14.9. The molecule has 57 heavy (non-hydrogen) atoms. The molecule has 2 aliphatic carbocycles. The number of nitrogens with zero attached hydrogens (tertiary/aromatic N) is 1.